The third kappa shape index (κ3) is 5.96. The van der Waals surface area contributed by atoms with Gasteiger partial charge in [0.05, 0.1) is 14.2 Å². The number of hydroxylamine groups is 1. The molecule has 4 N–H and O–H groups in total. The van der Waals surface area contributed by atoms with Crippen LogP contribution >= 0.6 is 0 Å². The van der Waals surface area contributed by atoms with E-state index in [4.69, 9.17) is 14.7 Å². The molecular weight excluding hydrogens is 314 g/mol. The highest BCUT2D eigenvalue weighted by atomic mass is 16.5. The molecule has 1 atom stereocenters. The van der Waals surface area contributed by atoms with Crippen molar-refractivity contribution in [3.63, 3.8) is 0 Å². The van der Waals surface area contributed by atoms with Gasteiger partial charge in [-0.1, -0.05) is 13.8 Å². The maximum Gasteiger partial charge on any atom is 0.315 e. The first kappa shape index (κ1) is 19.6. The third-order valence-electron chi connectivity index (χ3n) is 3.37. The molecular formula is C16H25N3O5. The molecule has 0 aliphatic heterocycles. The van der Waals surface area contributed by atoms with E-state index in [0.717, 1.165) is 5.56 Å². The van der Waals surface area contributed by atoms with Crippen LogP contribution in [0.1, 0.15) is 25.8 Å². The summed E-state index contributed by atoms with van der Waals surface area (Å²) in [4.78, 5) is 23.6. The van der Waals surface area contributed by atoms with E-state index < -0.39 is 18.0 Å². The van der Waals surface area contributed by atoms with Gasteiger partial charge in [0, 0.05) is 18.2 Å². The van der Waals surface area contributed by atoms with Gasteiger partial charge in [0.2, 0.25) is 0 Å². The summed E-state index contributed by atoms with van der Waals surface area (Å²) in [5, 5.41) is 14.0. The summed E-state index contributed by atoms with van der Waals surface area (Å²) in [5.41, 5.74) is 2.33. The molecule has 0 aromatic heterocycles. The fourth-order valence-corrected chi connectivity index (χ4v) is 2.16. The highest BCUT2D eigenvalue weighted by molar-refractivity contribution is 5.86. The fourth-order valence-electron chi connectivity index (χ4n) is 2.16. The molecule has 8 nitrogen and oxygen atoms in total. The molecule has 0 aliphatic carbocycles. The van der Waals surface area contributed by atoms with Crippen LogP contribution in [-0.4, -0.2) is 37.4 Å². The minimum atomic E-state index is -0.812. The van der Waals surface area contributed by atoms with Gasteiger partial charge in [-0.3, -0.25) is 10.0 Å². The first-order valence-electron chi connectivity index (χ1n) is 7.60. The van der Waals surface area contributed by atoms with Gasteiger partial charge >= 0.3 is 6.03 Å². The summed E-state index contributed by atoms with van der Waals surface area (Å²) < 4.78 is 10.4. The van der Waals surface area contributed by atoms with Crippen molar-refractivity contribution in [2.75, 3.05) is 14.2 Å². The third-order valence-corrected chi connectivity index (χ3v) is 3.37. The van der Waals surface area contributed by atoms with Gasteiger partial charge in [-0.15, -0.1) is 0 Å². The van der Waals surface area contributed by atoms with Crippen molar-refractivity contribution < 1.29 is 24.3 Å². The van der Waals surface area contributed by atoms with Crippen molar-refractivity contribution in [2.45, 2.75) is 32.9 Å². The molecule has 0 unspecified atom stereocenters. The van der Waals surface area contributed by atoms with Crippen molar-refractivity contribution in [1.29, 1.82) is 0 Å². The zero-order chi connectivity index (χ0) is 18.1. The predicted molar refractivity (Wildman–Crippen MR) is 88.1 cm³/mol. The number of carbonyl (C=O) groups is 2. The second kappa shape index (κ2) is 9.61. The van der Waals surface area contributed by atoms with Crippen molar-refractivity contribution in [1.82, 2.24) is 16.1 Å². The van der Waals surface area contributed by atoms with Gasteiger partial charge in [-0.05, 0) is 24.5 Å². The number of amides is 3. The van der Waals surface area contributed by atoms with Crippen molar-refractivity contribution in [3.8, 4) is 11.5 Å². The Morgan fingerprint density at radius 1 is 1.21 bits per heavy atom. The van der Waals surface area contributed by atoms with E-state index in [2.05, 4.69) is 10.6 Å². The Bertz CT molecular complexity index is 563. The molecule has 0 aliphatic rings. The molecule has 3 amide bonds. The lowest BCUT2D eigenvalue weighted by Crippen LogP contribution is -2.49. The van der Waals surface area contributed by atoms with E-state index >= 15 is 0 Å². The van der Waals surface area contributed by atoms with E-state index in [0.29, 0.717) is 17.9 Å². The number of rotatable bonds is 8. The lowest BCUT2D eigenvalue weighted by atomic mass is 10.0. The monoisotopic (exact) mass is 339 g/mol. The smallest absolute Gasteiger partial charge is 0.315 e. The number of carbonyl (C=O) groups excluding carboxylic acids is 2. The molecule has 134 valence electrons. The zero-order valence-electron chi connectivity index (χ0n) is 14.4. The van der Waals surface area contributed by atoms with Crippen LogP contribution in [0.3, 0.4) is 0 Å². The SMILES string of the molecule is COc1ccc(CNC(=O)N[C@@H](CC(C)C)C(=O)NO)c(OC)c1. The number of hydrogen-bond acceptors (Lipinski definition) is 5. The van der Waals surface area contributed by atoms with Gasteiger partial charge in [0.1, 0.15) is 17.5 Å². The topological polar surface area (TPSA) is 109 Å². The first-order valence-corrected chi connectivity index (χ1v) is 7.60. The zero-order valence-corrected chi connectivity index (χ0v) is 14.4. The van der Waals surface area contributed by atoms with Gasteiger partial charge in [-0.2, -0.15) is 0 Å². The largest absolute Gasteiger partial charge is 0.497 e. The molecule has 0 radical (unpaired) electrons. The Balaban J connectivity index is 2.66. The highest BCUT2D eigenvalue weighted by Gasteiger charge is 2.21. The minimum absolute atomic E-state index is 0.175. The van der Waals surface area contributed by atoms with Gasteiger partial charge in [-0.25, -0.2) is 10.3 Å². The van der Waals surface area contributed by atoms with Crippen LogP contribution in [0, 0.1) is 5.92 Å². The number of benzene rings is 1. The maximum atomic E-state index is 12.0. The van der Waals surface area contributed by atoms with Gasteiger partial charge in [0.25, 0.3) is 5.91 Å². The summed E-state index contributed by atoms with van der Waals surface area (Å²) in [6.45, 7) is 4.05. The Morgan fingerprint density at radius 3 is 2.46 bits per heavy atom. The second-order valence-electron chi connectivity index (χ2n) is 5.66. The van der Waals surface area contributed by atoms with E-state index in [1.165, 1.54) is 7.11 Å². The molecule has 0 bridgehead atoms. The van der Waals surface area contributed by atoms with E-state index in [-0.39, 0.29) is 12.5 Å². The lowest BCUT2D eigenvalue weighted by Gasteiger charge is -2.19. The number of nitrogens with one attached hydrogen (secondary N) is 3. The minimum Gasteiger partial charge on any atom is -0.497 e. The summed E-state index contributed by atoms with van der Waals surface area (Å²) in [6.07, 6.45) is 0.408. The normalized spacial score (nSPS) is 11.6. The lowest BCUT2D eigenvalue weighted by molar-refractivity contribution is -0.131. The van der Waals surface area contributed by atoms with Crippen LogP contribution in [0.5, 0.6) is 11.5 Å². The molecule has 0 saturated carbocycles. The average molecular weight is 339 g/mol. The molecule has 8 heteroatoms. The summed E-state index contributed by atoms with van der Waals surface area (Å²) >= 11 is 0. The molecule has 0 spiro atoms. The van der Waals surface area contributed by atoms with Crippen molar-refractivity contribution >= 4 is 11.9 Å². The Labute approximate surface area is 141 Å². The number of hydrogen-bond donors (Lipinski definition) is 4. The average Bonchev–Trinajstić information content (AvgIpc) is 2.57. The highest BCUT2D eigenvalue weighted by Crippen LogP contribution is 2.24. The van der Waals surface area contributed by atoms with Crippen LogP contribution in [0.25, 0.3) is 0 Å². The summed E-state index contributed by atoms with van der Waals surface area (Å²) in [7, 11) is 3.09. The number of ether oxygens (including phenoxy) is 2. The second-order valence-corrected chi connectivity index (χ2v) is 5.66. The van der Waals surface area contributed by atoms with Gasteiger partial charge in [0.15, 0.2) is 0 Å². The van der Waals surface area contributed by atoms with Crippen LogP contribution in [0.4, 0.5) is 4.79 Å². The van der Waals surface area contributed by atoms with Crippen molar-refractivity contribution in [2.24, 2.45) is 5.92 Å². The molecule has 1 aromatic rings. The van der Waals surface area contributed by atoms with E-state index in [1.54, 1.807) is 30.8 Å². The molecule has 0 fully saturated rings. The Hall–Kier alpha value is -2.48. The molecule has 1 aromatic carbocycles. The number of methoxy groups -OCH3 is 2. The summed E-state index contributed by atoms with van der Waals surface area (Å²) in [5.74, 6) is 0.758. The standard InChI is InChI=1S/C16H25N3O5/c1-10(2)7-13(15(20)19-22)18-16(21)17-9-11-5-6-12(23-3)8-14(11)24-4/h5-6,8,10,13,22H,7,9H2,1-4H3,(H,19,20)(H2,17,18,21)/t13-/m0/s1. The van der Waals surface area contributed by atoms with Crippen LogP contribution in [-0.2, 0) is 11.3 Å². The fraction of sp³-hybridized carbons (Fsp3) is 0.500. The van der Waals surface area contributed by atoms with Crippen LogP contribution in [0.2, 0.25) is 0 Å². The molecule has 24 heavy (non-hydrogen) atoms. The Morgan fingerprint density at radius 2 is 1.92 bits per heavy atom. The quantitative estimate of drug-likeness (QED) is 0.423. The van der Waals surface area contributed by atoms with Crippen LogP contribution in [0.15, 0.2) is 18.2 Å². The summed E-state index contributed by atoms with van der Waals surface area (Å²) in [6, 6.07) is 3.94. The number of urea groups is 1. The van der Waals surface area contributed by atoms with Crippen molar-refractivity contribution in [3.05, 3.63) is 23.8 Å². The maximum absolute atomic E-state index is 12.0. The van der Waals surface area contributed by atoms with Gasteiger partial charge < -0.3 is 20.1 Å². The molecule has 0 saturated heterocycles. The first-order chi connectivity index (χ1) is 11.4. The van der Waals surface area contributed by atoms with Crippen LogP contribution < -0.4 is 25.6 Å². The Kier molecular flexibility index (Phi) is 7.84. The van der Waals surface area contributed by atoms with E-state index in [9.17, 15) is 9.59 Å². The van der Waals surface area contributed by atoms with E-state index in [1.807, 2.05) is 13.8 Å². The predicted octanol–water partition coefficient (Wildman–Crippen LogP) is 1.42. The molecule has 1 rings (SSSR count). The molecule has 0 heterocycles.